The number of aromatic nitrogens is 2. The number of nitrogens with one attached hydrogen (secondary N) is 1. The first-order chi connectivity index (χ1) is 15.0. The molecule has 1 N–H and O–H groups in total. The number of hydrogen-bond acceptors (Lipinski definition) is 6. The lowest BCUT2D eigenvalue weighted by Gasteiger charge is -2.10. The van der Waals surface area contributed by atoms with Gasteiger partial charge in [0, 0.05) is 11.8 Å². The highest BCUT2D eigenvalue weighted by Crippen LogP contribution is 2.31. The molecule has 0 saturated carbocycles. The van der Waals surface area contributed by atoms with Crippen molar-refractivity contribution in [2.45, 2.75) is 13.5 Å². The van der Waals surface area contributed by atoms with E-state index in [1.807, 2.05) is 30.3 Å². The fraction of sp³-hybridized carbons (Fsp3) is 0.174. The van der Waals surface area contributed by atoms with Gasteiger partial charge in [-0.05, 0) is 30.2 Å². The molecule has 2 heterocycles. The van der Waals surface area contributed by atoms with Crippen molar-refractivity contribution in [1.82, 2.24) is 9.55 Å². The lowest BCUT2D eigenvalue weighted by molar-refractivity contribution is 0.103. The summed E-state index contributed by atoms with van der Waals surface area (Å²) >= 11 is 1.21. The van der Waals surface area contributed by atoms with E-state index in [1.165, 1.54) is 24.8 Å². The third kappa shape index (κ3) is 4.02. The predicted octanol–water partition coefficient (Wildman–Crippen LogP) is 4.08. The maximum Gasteiger partial charge on any atom is 0.266 e. The number of nitrogens with zero attached hydrogens (tertiary/aromatic N) is 2. The Morgan fingerprint density at radius 3 is 2.55 bits per heavy atom. The topological polar surface area (TPSA) is 82.5 Å². The molecule has 0 aliphatic carbocycles. The molecule has 0 radical (unpaired) electrons. The van der Waals surface area contributed by atoms with E-state index in [1.54, 1.807) is 36.8 Å². The fourth-order valence-electron chi connectivity index (χ4n) is 3.37. The summed E-state index contributed by atoms with van der Waals surface area (Å²) in [4.78, 5) is 31.4. The standard InChI is InChI=1S/C23H21N3O4S/c1-14-19-22(24-13-26(23(19)28)12-15-7-5-4-6-8-15)31-20(14)21(27)25-16-9-10-17(29-2)18(11-16)30-3/h4-11,13H,12H2,1-3H3,(H,25,27). The third-order valence-electron chi connectivity index (χ3n) is 4.96. The van der Waals surface area contributed by atoms with E-state index in [2.05, 4.69) is 10.3 Å². The first-order valence-corrected chi connectivity index (χ1v) is 10.4. The molecule has 8 heteroatoms. The molecule has 4 rings (SSSR count). The molecule has 0 aliphatic heterocycles. The van der Waals surface area contributed by atoms with Gasteiger partial charge in [-0.25, -0.2) is 4.98 Å². The molecule has 0 spiro atoms. The number of benzene rings is 2. The monoisotopic (exact) mass is 435 g/mol. The molecule has 0 atom stereocenters. The van der Waals surface area contributed by atoms with Crippen LogP contribution in [0.15, 0.2) is 59.7 Å². The highest BCUT2D eigenvalue weighted by molar-refractivity contribution is 7.20. The van der Waals surface area contributed by atoms with Crippen LogP contribution in [0.3, 0.4) is 0 Å². The maximum absolute atomic E-state index is 13.1. The number of methoxy groups -OCH3 is 2. The SMILES string of the molecule is COc1ccc(NC(=O)c2sc3ncn(Cc4ccccc4)c(=O)c3c2C)cc1OC. The second-order valence-corrected chi connectivity index (χ2v) is 7.92. The van der Waals surface area contributed by atoms with Crippen LogP contribution in [0.4, 0.5) is 5.69 Å². The largest absolute Gasteiger partial charge is 0.493 e. The number of aryl methyl sites for hydroxylation is 1. The lowest BCUT2D eigenvalue weighted by atomic mass is 10.2. The van der Waals surface area contributed by atoms with Crippen LogP contribution in [-0.4, -0.2) is 29.7 Å². The number of carbonyl (C=O) groups is 1. The quantitative estimate of drug-likeness (QED) is 0.493. The zero-order valence-electron chi connectivity index (χ0n) is 17.3. The van der Waals surface area contributed by atoms with E-state index in [4.69, 9.17) is 9.47 Å². The van der Waals surface area contributed by atoms with Gasteiger partial charge < -0.3 is 14.8 Å². The average molecular weight is 436 g/mol. The summed E-state index contributed by atoms with van der Waals surface area (Å²) in [5.74, 6) is 0.780. The van der Waals surface area contributed by atoms with Crippen LogP contribution in [0.2, 0.25) is 0 Å². The van der Waals surface area contributed by atoms with Gasteiger partial charge in [0.25, 0.3) is 11.5 Å². The lowest BCUT2D eigenvalue weighted by Crippen LogP contribution is -2.21. The van der Waals surface area contributed by atoms with Gasteiger partial charge in [-0.1, -0.05) is 30.3 Å². The van der Waals surface area contributed by atoms with Crippen LogP contribution in [0, 0.1) is 6.92 Å². The molecule has 4 aromatic rings. The Morgan fingerprint density at radius 2 is 1.84 bits per heavy atom. The molecule has 31 heavy (non-hydrogen) atoms. The minimum atomic E-state index is -0.304. The average Bonchev–Trinajstić information content (AvgIpc) is 3.13. The maximum atomic E-state index is 13.1. The van der Waals surface area contributed by atoms with Crippen molar-refractivity contribution in [2.24, 2.45) is 0 Å². The van der Waals surface area contributed by atoms with Crippen molar-refractivity contribution in [3.8, 4) is 11.5 Å². The predicted molar refractivity (Wildman–Crippen MR) is 122 cm³/mol. The number of anilines is 1. The number of fused-ring (bicyclic) bond motifs is 1. The van der Waals surface area contributed by atoms with E-state index in [0.717, 1.165) is 5.56 Å². The molecular formula is C23H21N3O4S. The van der Waals surface area contributed by atoms with Gasteiger partial charge in [-0.2, -0.15) is 0 Å². The summed E-state index contributed by atoms with van der Waals surface area (Å²) in [7, 11) is 3.08. The Kier molecular flexibility index (Phi) is 5.73. The Morgan fingerprint density at radius 1 is 1.10 bits per heavy atom. The third-order valence-corrected chi connectivity index (χ3v) is 6.16. The zero-order valence-corrected chi connectivity index (χ0v) is 18.2. The summed E-state index contributed by atoms with van der Waals surface area (Å²) in [5.41, 5.74) is 2.03. The number of hydrogen-bond donors (Lipinski definition) is 1. The summed E-state index contributed by atoms with van der Waals surface area (Å²) in [6.07, 6.45) is 1.53. The molecule has 2 aromatic carbocycles. The first-order valence-electron chi connectivity index (χ1n) is 9.57. The first kappa shape index (κ1) is 20.6. The summed E-state index contributed by atoms with van der Waals surface area (Å²) in [6.45, 7) is 2.20. The highest BCUT2D eigenvalue weighted by atomic mass is 32.1. The number of rotatable bonds is 6. The fourth-order valence-corrected chi connectivity index (χ4v) is 4.40. The Hall–Kier alpha value is -3.65. The summed E-state index contributed by atoms with van der Waals surface area (Å²) in [6, 6.07) is 14.8. The van der Waals surface area contributed by atoms with Crippen LogP contribution < -0.4 is 20.3 Å². The molecule has 0 saturated heterocycles. The van der Waals surface area contributed by atoms with Crippen molar-refractivity contribution >= 4 is 33.1 Å². The highest BCUT2D eigenvalue weighted by Gasteiger charge is 2.20. The molecule has 2 aromatic heterocycles. The molecular weight excluding hydrogens is 414 g/mol. The molecule has 1 amide bonds. The number of amides is 1. The molecule has 7 nitrogen and oxygen atoms in total. The van der Waals surface area contributed by atoms with Crippen molar-refractivity contribution in [2.75, 3.05) is 19.5 Å². The van der Waals surface area contributed by atoms with Crippen molar-refractivity contribution in [3.63, 3.8) is 0 Å². The Labute approximate surface area is 182 Å². The Bertz CT molecular complexity index is 1310. The number of ether oxygens (including phenoxy) is 2. The molecule has 0 fully saturated rings. The van der Waals surface area contributed by atoms with Crippen molar-refractivity contribution in [3.05, 3.63) is 81.2 Å². The van der Waals surface area contributed by atoms with Crippen molar-refractivity contribution in [1.29, 1.82) is 0 Å². The van der Waals surface area contributed by atoms with Gasteiger partial charge in [0.05, 0.1) is 37.4 Å². The van der Waals surface area contributed by atoms with Crippen LogP contribution >= 0.6 is 11.3 Å². The zero-order chi connectivity index (χ0) is 22.0. The van der Waals surface area contributed by atoms with E-state index < -0.39 is 0 Å². The molecule has 0 unspecified atom stereocenters. The smallest absolute Gasteiger partial charge is 0.266 e. The van der Waals surface area contributed by atoms with E-state index in [0.29, 0.717) is 44.4 Å². The van der Waals surface area contributed by atoms with Crippen LogP contribution in [-0.2, 0) is 6.54 Å². The Balaban J connectivity index is 1.65. The molecule has 0 bridgehead atoms. The summed E-state index contributed by atoms with van der Waals surface area (Å²) in [5, 5.41) is 3.33. The minimum absolute atomic E-state index is 0.159. The van der Waals surface area contributed by atoms with Crippen LogP contribution in [0.5, 0.6) is 11.5 Å². The molecule has 158 valence electrons. The van der Waals surface area contributed by atoms with Gasteiger partial charge in [0.1, 0.15) is 4.83 Å². The van der Waals surface area contributed by atoms with Crippen molar-refractivity contribution < 1.29 is 14.3 Å². The van der Waals surface area contributed by atoms with Gasteiger partial charge in [-0.15, -0.1) is 11.3 Å². The summed E-state index contributed by atoms with van der Waals surface area (Å²) < 4.78 is 12.1. The van der Waals surface area contributed by atoms with Crippen LogP contribution in [0.25, 0.3) is 10.2 Å². The van der Waals surface area contributed by atoms with Gasteiger partial charge >= 0.3 is 0 Å². The number of carbonyl (C=O) groups excluding carboxylic acids is 1. The second kappa shape index (κ2) is 8.61. The number of thiophene rings is 1. The second-order valence-electron chi connectivity index (χ2n) is 6.92. The van der Waals surface area contributed by atoms with Gasteiger partial charge in [0.2, 0.25) is 0 Å². The van der Waals surface area contributed by atoms with Gasteiger partial charge in [-0.3, -0.25) is 14.2 Å². The molecule has 0 aliphatic rings. The minimum Gasteiger partial charge on any atom is -0.493 e. The van der Waals surface area contributed by atoms with E-state index >= 15 is 0 Å². The van der Waals surface area contributed by atoms with E-state index in [9.17, 15) is 9.59 Å². The van der Waals surface area contributed by atoms with E-state index in [-0.39, 0.29) is 11.5 Å². The van der Waals surface area contributed by atoms with Gasteiger partial charge in [0.15, 0.2) is 11.5 Å². The van der Waals surface area contributed by atoms with Crippen LogP contribution in [0.1, 0.15) is 20.8 Å². The normalized spacial score (nSPS) is 10.8.